The third kappa shape index (κ3) is 6.97. The standard InChI is InChI=1S/C23H33N5O5S/c1-4-12(2)19(24)22(31)28-18(11-34)21(30)26-13(3)20(29)27-17(23(32)33)9-14-10-25-16-8-6-5-7-15(14)16/h5-8,10,12-13,17-19,25,34H,4,9,11,24H2,1-3H3,(H,26,30)(H,27,29)(H,28,31)(H,32,33). The topological polar surface area (TPSA) is 166 Å². The van der Waals surface area contributed by atoms with E-state index in [2.05, 4.69) is 33.6 Å². The number of carboxylic acid groups (broad SMARTS) is 1. The van der Waals surface area contributed by atoms with Crippen LogP contribution in [0.25, 0.3) is 10.9 Å². The largest absolute Gasteiger partial charge is 0.480 e. The molecule has 1 aromatic carbocycles. The number of nitrogens with one attached hydrogen (secondary N) is 4. The molecule has 0 fully saturated rings. The summed E-state index contributed by atoms with van der Waals surface area (Å²) >= 11 is 4.11. The molecule has 5 unspecified atom stereocenters. The highest BCUT2D eigenvalue weighted by molar-refractivity contribution is 7.80. The van der Waals surface area contributed by atoms with Gasteiger partial charge in [-0.1, -0.05) is 38.5 Å². The lowest BCUT2D eigenvalue weighted by Crippen LogP contribution is -2.57. The van der Waals surface area contributed by atoms with E-state index in [0.29, 0.717) is 6.42 Å². The number of carbonyl (C=O) groups is 4. The highest BCUT2D eigenvalue weighted by Crippen LogP contribution is 2.19. The summed E-state index contributed by atoms with van der Waals surface area (Å²) in [5, 5.41) is 18.0. The van der Waals surface area contributed by atoms with Gasteiger partial charge in [-0.05, 0) is 24.5 Å². The van der Waals surface area contributed by atoms with E-state index in [1.54, 1.807) is 6.20 Å². The van der Waals surface area contributed by atoms with Crippen LogP contribution in [0.15, 0.2) is 30.5 Å². The highest BCUT2D eigenvalue weighted by Gasteiger charge is 2.29. The maximum atomic E-state index is 12.6. The number of amides is 3. The zero-order chi connectivity index (χ0) is 25.4. The van der Waals surface area contributed by atoms with Gasteiger partial charge >= 0.3 is 5.97 Å². The van der Waals surface area contributed by atoms with E-state index in [9.17, 15) is 24.3 Å². The molecule has 2 aromatic rings. The number of rotatable bonds is 12. The number of thiol groups is 1. The second-order valence-corrected chi connectivity index (χ2v) is 8.71. The fraction of sp³-hybridized carbons (Fsp3) is 0.478. The molecule has 1 aromatic heterocycles. The highest BCUT2D eigenvalue weighted by atomic mass is 32.1. The maximum absolute atomic E-state index is 12.6. The fourth-order valence-corrected chi connectivity index (χ4v) is 3.63. The first-order valence-electron chi connectivity index (χ1n) is 11.1. The van der Waals surface area contributed by atoms with E-state index < -0.39 is 47.9 Å². The lowest BCUT2D eigenvalue weighted by Gasteiger charge is -2.24. The number of aromatic nitrogens is 1. The van der Waals surface area contributed by atoms with Crippen LogP contribution in [0.5, 0.6) is 0 Å². The molecule has 0 aliphatic carbocycles. The molecule has 0 radical (unpaired) electrons. The Hall–Kier alpha value is -3.05. The normalized spacial score (nSPS) is 15.6. The molecule has 7 N–H and O–H groups in total. The number of hydrogen-bond acceptors (Lipinski definition) is 6. The molecule has 1 heterocycles. The first-order valence-corrected chi connectivity index (χ1v) is 11.8. The summed E-state index contributed by atoms with van der Waals surface area (Å²) in [5.41, 5.74) is 7.51. The molecular weight excluding hydrogens is 458 g/mol. The average Bonchev–Trinajstić information content (AvgIpc) is 3.23. The van der Waals surface area contributed by atoms with Crippen LogP contribution in [-0.2, 0) is 25.6 Å². The van der Waals surface area contributed by atoms with Crippen molar-refractivity contribution in [2.45, 2.75) is 57.8 Å². The van der Waals surface area contributed by atoms with Crippen molar-refractivity contribution in [3.63, 3.8) is 0 Å². The number of para-hydroxylation sites is 1. The van der Waals surface area contributed by atoms with Crippen LogP contribution >= 0.6 is 12.6 Å². The molecule has 2 rings (SSSR count). The van der Waals surface area contributed by atoms with E-state index in [1.807, 2.05) is 38.1 Å². The minimum Gasteiger partial charge on any atom is -0.480 e. The van der Waals surface area contributed by atoms with E-state index in [4.69, 9.17) is 5.73 Å². The number of carboxylic acids is 1. The van der Waals surface area contributed by atoms with Gasteiger partial charge in [0, 0.05) is 29.3 Å². The first-order chi connectivity index (χ1) is 16.1. The quantitative estimate of drug-likeness (QED) is 0.214. The van der Waals surface area contributed by atoms with Crippen LogP contribution in [0.3, 0.4) is 0 Å². The van der Waals surface area contributed by atoms with Crippen LogP contribution in [0.2, 0.25) is 0 Å². The van der Waals surface area contributed by atoms with Crippen molar-refractivity contribution in [1.82, 2.24) is 20.9 Å². The monoisotopic (exact) mass is 491 g/mol. The Kier molecular flexibility index (Phi) is 9.94. The Labute approximate surface area is 203 Å². The van der Waals surface area contributed by atoms with Gasteiger partial charge in [0.15, 0.2) is 0 Å². The summed E-state index contributed by atoms with van der Waals surface area (Å²) in [4.78, 5) is 52.4. The van der Waals surface area contributed by atoms with Gasteiger partial charge in [0.25, 0.3) is 0 Å². The van der Waals surface area contributed by atoms with E-state index in [-0.39, 0.29) is 18.1 Å². The first kappa shape index (κ1) is 27.2. The summed E-state index contributed by atoms with van der Waals surface area (Å²) in [7, 11) is 0. The molecule has 10 nitrogen and oxygen atoms in total. The van der Waals surface area contributed by atoms with Crippen LogP contribution in [-0.4, -0.2) is 63.7 Å². The summed E-state index contributed by atoms with van der Waals surface area (Å²) in [5.74, 6) is -3.04. The van der Waals surface area contributed by atoms with E-state index >= 15 is 0 Å². The Morgan fingerprint density at radius 1 is 1.03 bits per heavy atom. The van der Waals surface area contributed by atoms with Crippen molar-refractivity contribution < 1.29 is 24.3 Å². The summed E-state index contributed by atoms with van der Waals surface area (Å²) in [6, 6.07) is 3.44. The Morgan fingerprint density at radius 2 is 1.68 bits per heavy atom. The third-order valence-corrected chi connectivity index (χ3v) is 6.21. The molecule has 186 valence electrons. The zero-order valence-electron chi connectivity index (χ0n) is 19.5. The molecule has 3 amide bonds. The van der Waals surface area contributed by atoms with Crippen LogP contribution in [0.4, 0.5) is 0 Å². The van der Waals surface area contributed by atoms with Crippen molar-refractivity contribution in [3.8, 4) is 0 Å². The predicted molar refractivity (Wildman–Crippen MR) is 132 cm³/mol. The molecule has 11 heteroatoms. The smallest absolute Gasteiger partial charge is 0.326 e. The minimum atomic E-state index is -1.20. The molecular formula is C23H33N5O5S. The fourth-order valence-electron chi connectivity index (χ4n) is 3.37. The van der Waals surface area contributed by atoms with Crippen molar-refractivity contribution in [3.05, 3.63) is 36.0 Å². The second-order valence-electron chi connectivity index (χ2n) is 8.35. The van der Waals surface area contributed by atoms with Gasteiger partial charge in [-0.25, -0.2) is 4.79 Å². The molecule has 0 saturated carbocycles. The summed E-state index contributed by atoms with van der Waals surface area (Å²) in [6.45, 7) is 5.17. The van der Waals surface area contributed by atoms with Crippen LogP contribution in [0.1, 0.15) is 32.8 Å². The Balaban J connectivity index is 1.98. The van der Waals surface area contributed by atoms with Crippen LogP contribution < -0.4 is 21.7 Å². The van der Waals surface area contributed by atoms with Crippen LogP contribution in [0, 0.1) is 5.92 Å². The molecule has 34 heavy (non-hydrogen) atoms. The number of fused-ring (bicyclic) bond motifs is 1. The van der Waals surface area contributed by atoms with Gasteiger partial charge in [-0.3, -0.25) is 14.4 Å². The molecule has 0 aliphatic rings. The van der Waals surface area contributed by atoms with Gasteiger partial charge in [0.1, 0.15) is 18.1 Å². The maximum Gasteiger partial charge on any atom is 0.326 e. The van der Waals surface area contributed by atoms with Gasteiger partial charge in [0.2, 0.25) is 17.7 Å². The number of hydrogen-bond donors (Lipinski definition) is 7. The van der Waals surface area contributed by atoms with Gasteiger partial charge < -0.3 is 31.8 Å². The number of benzene rings is 1. The lowest BCUT2D eigenvalue weighted by atomic mass is 9.99. The number of aromatic amines is 1. The van der Waals surface area contributed by atoms with Crippen molar-refractivity contribution >= 4 is 47.2 Å². The van der Waals surface area contributed by atoms with E-state index in [0.717, 1.165) is 16.5 Å². The molecule has 0 saturated heterocycles. The van der Waals surface area contributed by atoms with Gasteiger partial charge in [0.05, 0.1) is 6.04 Å². The predicted octanol–water partition coefficient (Wildman–Crippen LogP) is 0.573. The third-order valence-electron chi connectivity index (χ3n) is 5.84. The zero-order valence-corrected chi connectivity index (χ0v) is 20.4. The van der Waals surface area contributed by atoms with E-state index in [1.165, 1.54) is 6.92 Å². The van der Waals surface area contributed by atoms with Crippen molar-refractivity contribution in [2.24, 2.45) is 11.7 Å². The molecule has 0 aliphatic heterocycles. The molecule has 0 spiro atoms. The SMILES string of the molecule is CCC(C)C(N)C(=O)NC(CS)C(=O)NC(C)C(=O)NC(Cc1c[nH]c2ccccc12)C(=O)O. The number of carbonyl (C=O) groups excluding carboxylic acids is 3. The number of H-pyrrole nitrogens is 1. The lowest BCUT2D eigenvalue weighted by molar-refractivity contribution is -0.142. The number of aliphatic carboxylic acids is 1. The van der Waals surface area contributed by atoms with Crippen molar-refractivity contribution in [2.75, 3.05) is 5.75 Å². The number of nitrogens with two attached hydrogens (primary N) is 1. The average molecular weight is 492 g/mol. The second kappa shape index (κ2) is 12.4. The summed E-state index contributed by atoms with van der Waals surface area (Å²) < 4.78 is 0. The van der Waals surface area contributed by atoms with Crippen molar-refractivity contribution in [1.29, 1.82) is 0 Å². The van der Waals surface area contributed by atoms with Gasteiger partial charge in [-0.2, -0.15) is 12.6 Å². The Bertz CT molecular complexity index is 1030. The van der Waals surface area contributed by atoms with Gasteiger partial charge in [-0.15, -0.1) is 0 Å². The Morgan fingerprint density at radius 3 is 2.29 bits per heavy atom. The molecule has 0 bridgehead atoms. The molecule has 5 atom stereocenters. The summed E-state index contributed by atoms with van der Waals surface area (Å²) in [6.07, 6.45) is 2.48. The minimum absolute atomic E-state index is 0.00253.